The number of halogens is 2. The molecule has 0 aliphatic rings. The van der Waals surface area contributed by atoms with Crippen LogP contribution in [0.25, 0.3) is 17.0 Å². The minimum absolute atomic E-state index is 0.0687. The molecule has 21 heavy (non-hydrogen) atoms. The highest BCUT2D eigenvalue weighted by Gasteiger charge is 2.15. The van der Waals surface area contributed by atoms with Crippen LogP contribution < -0.4 is 0 Å². The van der Waals surface area contributed by atoms with Crippen LogP contribution in [0, 0.1) is 6.92 Å². The Balaban J connectivity index is 2.27. The molecule has 0 bridgehead atoms. The van der Waals surface area contributed by atoms with Gasteiger partial charge in [-0.2, -0.15) is 0 Å². The summed E-state index contributed by atoms with van der Waals surface area (Å²) in [4.78, 5) is 11.1. The summed E-state index contributed by atoms with van der Waals surface area (Å²) in [6.07, 6.45) is 1.45. The highest BCUT2D eigenvalue weighted by molar-refractivity contribution is 6.33. The van der Waals surface area contributed by atoms with E-state index in [-0.39, 0.29) is 10.6 Å². The lowest BCUT2D eigenvalue weighted by molar-refractivity contribution is 0.0696. The Bertz CT molecular complexity index is 874. The average molecular weight is 322 g/mol. The molecule has 106 valence electrons. The quantitative estimate of drug-likeness (QED) is 0.781. The molecule has 0 spiro atoms. The third kappa shape index (κ3) is 2.34. The molecule has 0 saturated carbocycles. The molecule has 2 aromatic heterocycles. The summed E-state index contributed by atoms with van der Waals surface area (Å²) in [7, 11) is 0. The van der Waals surface area contributed by atoms with Gasteiger partial charge in [0.25, 0.3) is 0 Å². The van der Waals surface area contributed by atoms with Crippen molar-refractivity contribution in [3.63, 3.8) is 0 Å². The van der Waals surface area contributed by atoms with Crippen molar-refractivity contribution in [1.82, 2.24) is 14.6 Å². The molecule has 7 heteroatoms. The molecule has 0 radical (unpaired) electrons. The van der Waals surface area contributed by atoms with E-state index in [9.17, 15) is 4.79 Å². The van der Waals surface area contributed by atoms with Gasteiger partial charge in [0.1, 0.15) is 0 Å². The van der Waals surface area contributed by atoms with Gasteiger partial charge in [0.15, 0.2) is 11.5 Å². The number of nitrogens with zero attached hydrogens (tertiary/aromatic N) is 3. The molecule has 0 aliphatic carbocycles. The van der Waals surface area contributed by atoms with Gasteiger partial charge in [-0.3, -0.25) is 4.40 Å². The number of carboxylic acids is 1. The summed E-state index contributed by atoms with van der Waals surface area (Å²) in [5.74, 6) is -0.555. The van der Waals surface area contributed by atoms with Gasteiger partial charge in [0.05, 0.1) is 10.6 Å². The fourth-order valence-corrected chi connectivity index (χ4v) is 2.42. The Labute approximate surface area is 129 Å². The first kappa shape index (κ1) is 13.9. The number of benzene rings is 1. The molecule has 3 aromatic rings. The monoisotopic (exact) mass is 321 g/mol. The molecule has 0 saturated heterocycles. The maximum absolute atomic E-state index is 11.1. The Kier molecular flexibility index (Phi) is 3.31. The highest BCUT2D eigenvalue weighted by atomic mass is 35.5. The molecule has 5 nitrogen and oxygen atoms in total. The predicted molar refractivity (Wildman–Crippen MR) is 80.1 cm³/mol. The van der Waals surface area contributed by atoms with Gasteiger partial charge in [-0.25, -0.2) is 4.79 Å². The van der Waals surface area contributed by atoms with Gasteiger partial charge in [-0.1, -0.05) is 23.2 Å². The van der Waals surface area contributed by atoms with Gasteiger partial charge in [-0.15, -0.1) is 10.2 Å². The van der Waals surface area contributed by atoms with Gasteiger partial charge >= 0.3 is 5.97 Å². The summed E-state index contributed by atoms with van der Waals surface area (Å²) in [6, 6.07) is 6.77. The van der Waals surface area contributed by atoms with Crippen LogP contribution in [0.15, 0.2) is 30.5 Å². The molecule has 1 aromatic carbocycles. The fourth-order valence-electron chi connectivity index (χ4n) is 2.05. The van der Waals surface area contributed by atoms with E-state index in [2.05, 4.69) is 10.2 Å². The molecule has 0 atom stereocenters. The molecule has 0 amide bonds. The number of fused-ring (bicyclic) bond motifs is 1. The molecule has 0 aliphatic heterocycles. The van der Waals surface area contributed by atoms with Gasteiger partial charge < -0.3 is 5.11 Å². The summed E-state index contributed by atoms with van der Waals surface area (Å²) in [5.41, 5.74) is 2.15. The van der Waals surface area contributed by atoms with Crippen molar-refractivity contribution in [3.05, 3.63) is 51.6 Å². The summed E-state index contributed by atoms with van der Waals surface area (Å²) in [6.45, 7) is 1.88. The Morgan fingerprint density at radius 3 is 2.62 bits per heavy atom. The second kappa shape index (κ2) is 5.02. The number of pyridine rings is 1. The van der Waals surface area contributed by atoms with Crippen molar-refractivity contribution < 1.29 is 9.90 Å². The van der Waals surface area contributed by atoms with E-state index in [1.165, 1.54) is 12.3 Å². The van der Waals surface area contributed by atoms with Crippen molar-refractivity contribution in [2.24, 2.45) is 0 Å². The molecule has 3 rings (SSSR count). The molecule has 2 heterocycles. The second-order valence-electron chi connectivity index (χ2n) is 4.56. The Morgan fingerprint density at radius 2 is 1.95 bits per heavy atom. The number of aryl methyl sites for hydroxylation is 1. The number of aromatic nitrogens is 3. The number of carboxylic acid groups (broad SMARTS) is 1. The first-order chi connectivity index (χ1) is 9.97. The van der Waals surface area contributed by atoms with E-state index in [4.69, 9.17) is 28.3 Å². The minimum Gasteiger partial charge on any atom is -0.478 e. The van der Waals surface area contributed by atoms with E-state index >= 15 is 0 Å². The van der Waals surface area contributed by atoms with E-state index in [0.29, 0.717) is 16.5 Å². The van der Waals surface area contributed by atoms with E-state index in [1.807, 2.05) is 13.0 Å². The van der Waals surface area contributed by atoms with Crippen molar-refractivity contribution in [1.29, 1.82) is 0 Å². The zero-order valence-corrected chi connectivity index (χ0v) is 12.4. The summed E-state index contributed by atoms with van der Waals surface area (Å²) >= 11 is 12.1. The Hall–Kier alpha value is -2.11. The van der Waals surface area contributed by atoms with E-state index in [0.717, 1.165) is 11.1 Å². The van der Waals surface area contributed by atoms with Crippen LogP contribution in [0.4, 0.5) is 0 Å². The highest BCUT2D eigenvalue weighted by Crippen LogP contribution is 2.26. The van der Waals surface area contributed by atoms with Crippen molar-refractivity contribution in [3.8, 4) is 11.4 Å². The lowest BCUT2D eigenvalue weighted by Gasteiger charge is -2.04. The standard InChI is InChI=1S/C14H9Cl2N3O2/c1-7-4-8(2-3-10(7)15)12-17-18-13-11(16)5-9(14(20)21)6-19(12)13/h2-6H,1H3,(H,20,21). The molecular weight excluding hydrogens is 313 g/mol. The van der Waals surface area contributed by atoms with E-state index in [1.54, 1.807) is 16.5 Å². The first-order valence-corrected chi connectivity index (χ1v) is 6.77. The van der Waals surface area contributed by atoms with Crippen LogP contribution in [0.2, 0.25) is 10.0 Å². The zero-order valence-electron chi connectivity index (χ0n) is 10.8. The molecular formula is C14H9Cl2N3O2. The largest absolute Gasteiger partial charge is 0.478 e. The second-order valence-corrected chi connectivity index (χ2v) is 5.38. The Morgan fingerprint density at radius 1 is 1.19 bits per heavy atom. The third-order valence-electron chi connectivity index (χ3n) is 3.12. The number of hydrogen-bond acceptors (Lipinski definition) is 3. The predicted octanol–water partition coefficient (Wildman–Crippen LogP) is 3.71. The van der Waals surface area contributed by atoms with Crippen molar-refractivity contribution in [2.45, 2.75) is 6.92 Å². The smallest absolute Gasteiger partial charge is 0.337 e. The lowest BCUT2D eigenvalue weighted by atomic mass is 10.1. The van der Waals surface area contributed by atoms with Crippen LogP contribution in [-0.2, 0) is 0 Å². The van der Waals surface area contributed by atoms with Crippen LogP contribution in [0.3, 0.4) is 0 Å². The first-order valence-electron chi connectivity index (χ1n) is 6.01. The van der Waals surface area contributed by atoms with Gasteiger partial charge in [0.2, 0.25) is 0 Å². The maximum atomic E-state index is 11.1. The molecule has 0 fully saturated rings. The molecule has 1 N–H and O–H groups in total. The van der Waals surface area contributed by atoms with Crippen molar-refractivity contribution in [2.75, 3.05) is 0 Å². The lowest BCUT2D eigenvalue weighted by Crippen LogP contribution is -2.00. The van der Waals surface area contributed by atoms with Crippen LogP contribution in [-0.4, -0.2) is 25.7 Å². The average Bonchev–Trinajstić information content (AvgIpc) is 2.86. The van der Waals surface area contributed by atoms with Crippen LogP contribution in [0.1, 0.15) is 15.9 Å². The summed E-state index contributed by atoms with van der Waals surface area (Å²) in [5, 5.41) is 18.1. The topological polar surface area (TPSA) is 67.5 Å². The zero-order chi connectivity index (χ0) is 15.1. The van der Waals surface area contributed by atoms with Gasteiger partial charge in [-0.05, 0) is 36.8 Å². The van der Waals surface area contributed by atoms with E-state index < -0.39 is 5.97 Å². The number of aromatic carboxylic acids is 1. The maximum Gasteiger partial charge on any atom is 0.337 e. The molecule has 0 unspecified atom stereocenters. The third-order valence-corrected chi connectivity index (χ3v) is 3.83. The number of rotatable bonds is 2. The van der Waals surface area contributed by atoms with Crippen LogP contribution in [0.5, 0.6) is 0 Å². The minimum atomic E-state index is -1.06. The van der Waals surface area contributed by atoms with Crippen molar-refractivity contribution >= 4 is 34.8 Å². The normalized spacial score (nSPS) is 11.0. The SMILES string of the molecule is Cc1cc(-c2nnc3c(Cl)cc(C(=O)O)cn23)ccc1Cl. The van der Waals surface area contributed by atoms with Crippen LogP contribution >= 0.6 is 23.2 Å². The number of hydrogen-bond donors (Lipinski definition) is 1. The summed E-state index contributed by atoms with van der Waals surface area (Å²) < 4.78 is 1.56. The number of carbonyl (C=O) groups is 1. The fraction of sp³-hybridized carbons (Fsp3) is 0.0714. The van der Waals surface area contributed by atoms with Gasteiger partial charge in [0, 0.05) is 16.8 Å².